The lowest BCUT2D eigenvalue weighted by Crippen LogP contribution is -2.01. The molecule has 4 rings (SSSR count). The first-order valence-corrected chi connectivity index (χ1v) is 8.29. The molecule has 1 N–H and O–H groups in total. The Morgan fingerprint density at radius 2 is 1.92 bits per heavy atom. The third-order valence-electron chi connectivity index (χ3n) is 4.52. The molecule has 1 heterocycles. The third-order valence-corrected chi connectivity index (χ3v) is 4.52. The summed E-state index contributed by atoms with van der Waals surface area (Å²) in [5, 5.41) is 12.2. The molecule has 0 saturated heterocycles. The van der Waals surface area contributed by atoms with E-state index in [1.165, 1.54) is 11.6 Å². The number of aromatic nitrogens is 1. The fourth-order valence-electron chi connectivity index (χ4n) is 3.06. The normalized spacial score (nSPS) is 18.3. The van der Waals surface area contributed by atoms with Crippen LogP contribution in [-0.4, -0.2) is 4.98 Å². The number of hydrogen-bond acceptors (Lipinski definition) is 4. The molecule has 2 aromatic carbocycles. The number of nitrogens with zero attached hydrogens (tertiary/aromatic N) is 2. The summed E-state index contributed by atoms with van der Waals surface area (Å²) in [4.78, 5) is 4.29. The summed E-state index contributed by atoms with van der Waals surface area (Å²) >= 11 is 0. The minimum atomic E-state index is -0.910. The maximum Gasteiger partial charge on any atom is 0.232 e. The van der Waals surface area contributed by atoms with Gasteiger partial charge in [0, 0.05) is 12.5 Å². The zero-order valence-corrected chi connectivity index (χ0v) is 13.7. The second kappa shape index (κ2) is 6.60. The molecule has 0 radical (unpaired) electrons. The number of oxazole rings is 1. The Morgan fingerprint density at radius 1 is 1.12 bits per heavy atom. The van der Waals surface area contributed by atoms with E-state index in [4.69, 9.17) is 4.42 Å². The lowest BCUT2D eigenvalue weighted by Gasteiger charge is -2.04. The molecule has 1 saturated carbocycles. The number of rotatable bonds is 5. The van der Waals surface area contributed by atoms with E-state index in [0.29, 0.717) is 17.4 Å². The van der Waals surface area contributed by atoms with E-state index in [9.17, 15) is 14.0 Å². The quantitative estimate of drug-likeness (QED) is 0.723. The molecule has 6 heteroatoms. The highest BCUT2D eigenvalue weighted by molar-refractivity contribution is 5.47. The van der Waals surface area contributed by atoms with Gasteiger partial charge in [0.2, 0.25) is 17.5 Å². The number of halogens is 2. The van der Waals surface area contributed by atoms with Crippen LogP contribution < -0.4 is 5.32 Å². The van der Waals surface area contributed by atoms with Crippen LogP contribution in [0.3, 0.4) is 0 Å². The molecule has 1 aliphatic rings. The van der Waals surface area contributed by atoms with Crippen LogP contribution in [0.2, 0.25) is 0 Å². The van der Waals surface area contributed by atoms with E-state index in [1.807, 2.05) is 24.3 Å². The van der Waals surface area contributed by atoms with Gasteiger partial charge in [-0.25, -0.2) is 13.8 Å². The Morgan fingerprint density at radius 3 is 2.65 bits per heavy atom. The summed E-state index contributed by atoms with van der Waals surface area (Å²) in [5.41, 5.74) is 1.94. The molecule has 3 aromatic rings. The largest absolute Gasteiger partial charge is 0.424 e. The van der Waals surface area contributed by atoms with Crippen LogP contribution in [0.5, 0.6) is 0 Å². The maximum atomic E-state index is 13.3. The molecule has 0 bridgehead atoms. The smallest absolute Gasteiger partial charge is 0.232 e. The highest BCUT2D eigenvalue weighted by Crippen LogP contribution is 2.54. The second-order valence-corrected chi connectivity index (χ2v) is 6.30. The topological polar surface area (TPSA) is 61.9 Å². The number of anilines is 1. The summed E-state index contributed by atoms with van der Waals surface area (Å²) in [6.07, 6.45) is 0.929. The molecule has 0 amide bonds. The van der Waals surface area contributed by atoms with Gasteiger partial charge in [0.15, 0.2) is 11.6 Å². The summed E-state index contributed by atoms with van der Waals surface area (Å²) < 4.78 is 32.0. The van der Waals surface area contributed by atoms with E-state index in [1.54, 1.807) is 0 Å². The Labute approximate surface area is 149 Å². The van der Waals surface area contributed by atoms with Gasteiger partial charge in [-0.3, -0.25) is 0 Å². The Bertz CT molecular complexity index is 978. The van der Waals surface area contributed by atoms with Crippen molar-refractivity contribution in [2.24, 2.45) is 0 Å². The monoisotopic (exact) mass is 351 g/mol. The van der Waals surface area contributed by atoms with Crippen molar-refractivity contribution in [1.29, 1.82) is 5.26 Å². The van der Waals surface area contributed by atoms with Crippen LogP contribution >= 0.6 is 0 Å². The van der Waals surface area contributed by atoms with E-state index in [-0.39, 0.29) is 24.0 Å². The maximum absolute atomic E-state index is 13.3. The first kappa shape index (κ1) is 16.3. The molecule has 2 atom stereocenters. The van der Waals surface area contributed by atoms with Gasteiger partial charge in [-0.05, 0) is 35.6 Å². The third kappa shape index (κ3) is 3.16. The predicted molar refractivity (Wildman–Crippen MR) is 91.4 cm³/mol. The van der Waals surface area contributed by atoms with Crippen molar-refractivity contribution in [3.05, 3.63) is 82.9 Å². The summed E-state index contributed by atoms with van der Waals surface area (Å²) in [5.74, 6) is -0.515. The minimum absolute atomic E-state index is 0.156. The zero-order chi connectivity index (χ0) is 18.1. The fourth-order valence-corrected chi connectivity index (χ4v) is 3.06. The van der Waals surface area contributed by atoms with Gasteiger partial charge in [0.05, 0.1) is 0 Å². The summed E-state index contributed by atoms with van der Waals surface area (Å²) in [7, 11) is 0. The van der Waals surface area contributed by atoms with Crippen molar-refractivity contribution in [3.63, 3.8) is 0 Å². The minimum Gasteiger partial charge on any atom is -0.424 e. The van der Waals surface area contributed by atoms with Crippen LogP contribution in [0.15, 0.2) is 52.9 Å². The second-order valence-electron chi connectivity index (χ2n) is 6.30. The Balaban J connectivity index is 1.48. The van der Waals surface area contributed by atoms with Crippen LogP contribution in [0.25, 0.3) is 0 Å². The molecule has 0 aliphatic heterocycles. The average Bonchev–Trinajstić information content (AvgIpc) is 3.36. The van der Waals surface area contributed by atoms with Gasteiger partial charge in [0.1, 0.15) is 6.07 Å². The van der Waals surface area contributed by atoms with E-state index in [0.717, 1.165) is 18.6 Å². The van der Waals surface area contributed by atoms with Crippen LogP contribution in [-0.2, 0) is 6.54 Å². The molecule has 1 fully saturated rings. The summed E-state index contributed by atoms with van der Waals surface area (Å²) in [6.45, 7) is 0.202. The van der Waals surface area contributed by atoms with Gasteiger partial charge in [0.25, 0.3) is 0 Å². The van der Waals surface area contributed by atoms with Gasteiger partial charge in [-0.1, -0.05) is 36.4 Å². The molecule has 4 nitrogen and oxygen atoms in total. The molecular weight excluding hydrogens is 336 g/mol. The Kier molecular flexibility index (Phi) is 4.13. The highest BCUT2D eigenvalue weighted by Gasteiger charge is 2.43. The van der Waals surface area contributed by atoms with Crippen molar-refractivity contribution in [2.45, 2.75) is 24.8 Å². The number of benzene rings is 2. The van der Waals surface area contributed by atoms with E-state index in [2.05, 4.69) is 22.4 Å². The average molecular weight is 351 g/mol. The standard InChI is InChI=1S/C20H15F2N3O/c21-16-7-6-12(8-17(16)22)11-24-20-18(10-23)25-19(26-20)15-9-14(15)13-4-2-1-3-5-13/h1-8,14-15,24H,9,11H2/t14-,15-/m0/s1. The molecule has 0 unspecified atom stereocenters. The number of nitriles is 1. The molecule has 1 aliphatic carbocycles. The number of hydrogen-bond donors (Lipinski definition) is 1. The highest BCUT2D eigenvalue weighted by atomic mass is 19.2. The Hall–Kier alpha value is -3.20. The molecule has 26 heavy (non-hydrogen) atoms. The van der Waals surface area contributed by atoms with Crippen molar-refractivity contribution in [1.82, 2.24) is 4.98 Å². The van der Waals surface area contributed by atoms with Gasteiger partial charge in [-0.2, -0.15) is 5.26 Å². The first-order chi connectivity index (χ1) is 12.7. The zero-order valence-electron chi connectivity index (χ0n) is 13.7. The van der Waals surface area contributed by atoms with Gasteiger partial charge < -0.3 is 9.73 Å². The number of nitrogens with one attached hydrogen (secondary N) is 1. The molecule has 1 aromatic heterocycles. The first-order valence-electron chi connectivity index (χ1n) is 8.29. The van der Waals surface area contributed by atoms with Crippen LogP contribution in [0.1, 0.15) is 41.0 Å². The van der Waals surface area contributed by atoms with Crippen molar-refractivity contribution >= 4 is 5.88 Å². The fraction of sp³-hybridized carbons (Fsp3) is 0.200. The molecule has 130 valence electrons. The van der Waals surface area contributed by atoms with Crippen molar-refractivity contribution < 1.29 is 13.2 Å². The van der Waals surface area contributed by atoms with Crippen LogP contribution in [0.4, 0.5) is 14.7 Å². The van der Waals surface area contributed by atoms with E-state index < -0.39 is 11.6 Å². The van der Waals surface area contributed by atoms with Gasteiger partial charge in [-0.15, -0.1) is 0 Å². The lowest BCUT2D eigenvalue weighted by molar-refractivity contribution is 0.502. The van der Waals surface area contributed by atoms with Crippen molar-refractivity contribution in [3.8, 4) is 6.07 Å². The predicted octanol–water partition coefficient (Wildman–Crippen LogP) is 4.71. The molecular formula is C20H15F2N3O. The van der Waals surface area contributed by atoms with E-state index >= 15 is 0 Å². The van der Waals surface area contributed by atoms with Gasteiger partial charge >= 0.3 is 0 Å². The van der Waals surface area contributed by atoms with Crippen LogP contribution in [0, 0.1) is 23.0 Å². The molecule has 0 spiro atoms. The summed E-state index contributed by atoms with van der Waals surface area (Å²) in [6, 6.07) is 15.8. The lowest BCUT2D eigenvalue weighted by atomic mass is 10.1. The van der Waals surface area contributed by atoms with Crippen molar-refractivity contribution in [2.75, 3.05) is 5.32 Å². The SMILES string of the molecule is N#Cc1nc([C@H]2C[C@H]2c2ccccc2)oc1NCc1ccc(F)c(F)c1.